The van der Waals surface area contributed by atoms with E-state index in [1.807, 2.05) is 0 Å². The number of halogens is 3. The number of nitro groups is 1. The van der Waals surface area contributed by atoms with Crippen LogP contribution in [0.15, 0.2) is 30.3 Å². The predicted molar refractivity (Wildman–Crippen MR) is 68.4 cm³/mol. The third kappa shape index (κ3) is 7.09. The Morgan fingerprint density at radius 3 is 2.43 bits per heavy atom. The molecular weight excluding hydrogens is 291 g/mol. The van der Waals surface area contributed by atoms with Crippen LogP contribution in [-0.2, 0) is 9.53 Å². The molecule has 0 radical (unpaired) electrons. The molecule has 0 N–H and O–H groups in total. The second kappa shape index (κ2) is 7.41. The van der Waals surface area contributed by atoms with Gasteiger partial charge in [-0.1, -0.05) is 0 Å². The maximum atomic E-state index is 11.8. The minimum Gasteiger partial charge on any atom is -0.463 e. The van der Waals surface area contributed by atoms with Crippen molar-refractivity contribution in [1.29, 1.82) is 0 Å². The minimum absolute atomic E-state index is 0.0816. The standard InChI is InChI=1S/C13H12F3NO4/c14-13(15,16)8-1-9-21-12(18)7-4-10-2-5-11(6-3-10)17(19)20/h2-7H,1,8-9H2. The van der Waals surface area contributed by atoms with Gasteiger partial charge in [0, 0.05) is 24.6 Å². The fourth-order valence-electron chi connectivity index (χ4n) is 1.36. The molecule has 0 aliphatic carbocycles. The topological polar surface area (TPSA) is 69.4 Å². The lowest BCUT2D eigenvalue weighted by Crippen LogP contribution is -2.10. The van der Waals surface area contributed by atoms with Crippen molar-refractivity contribution in [1.82, 2.24) is 0 Å². The van der Waals surface area contributed by atoms with Gasteiger partial charge in [0.05, 0.1) is 11.5 Å². The van der Waals surface area contributed by atoms with Gasteiger partial charge in [-0.05, 0) is 30.2 Å². The highest BCUT2D eigenvalue weighted by Gasteiger charge is 2.26. The number of nitrogens with zero attached hydrogens (tertiary/aromatic N) is 1. The number of nitro benzene ring substituents is 1. The van der Waals surface area contributed by atoms with Gasteiger partial charge in [0.15, 0.2) is 0 Å². The molecule has 0 amide bonds. The van der Waals surface area contributed by atoms with E-state index in [9.17, 15) is 28.1 Å². The monoisotopic (exact) mass is 303 g/mol. The summed E-state index contributed by atoms with van der Waals surface area (Å²) in [6.07, 6.45) is -3.15. The average molecular weight is 303 g/mol. The molecule has 5 nitrogen and oxygen atoms in total. The summed E-state index contributed by atoms with van der Waals surface area (Å²) >= 11 is 0. The number of alkyl halides is 3. The molecule has 0 fully saturated rings. The van der Waals surface area contributed by atoms with E-state index in [4.69, 9.17) is 0 Å². The molecule has 114 valence electrons. The van der Waals surface area contributed by atoms with E-state index in [-0.39, 0.29) is 18.7 Å². The lowest BCUT2D eigenvalue weighted by Gasteiger charge is -2.05. The summed E-state index contributed by atoms with van der Waals surface area (Å²) < 4.78 is 40.1. The van der Waals surface area contributed by atoms with Gasteiger partial charge >= 0.3 is 12.1 Å². The highest BCUT2D eigenvalue weighted by Crippen LogP contribution is 2.21. The number of hydrogen-bond donors (Lipinski definition) is 0. The Hall–Kier alpha value is -2.38. The molecule has 0 spiro atoms. The van der Waals surface area contributed by atoms with E-state index in [1.165, 1.54) is 30.3 Å². The van der Waals surface area contributed by atoms with E-state index in [2.05, 4.69) is 4.74 Å². The average Bonchev–Trinajstić information content (AvgIpc) is 2.41. The Morgan fingerprint density at radius 1 is 1.29 bits per heavy atom. The second-order valence-corrected chi connectivity index (χ2v) is 4.07. The van der Waals surface area contributed by atoms with Gasteiger partial charge < -0.3 is 4.74 Å². The first-order valence-corrected chi connectivity index (χ1v) is 5.94. The lowest BCUT2D eigenvalue weighted by atomic mass is 10.2. The van der Waals surface area contributed by atoms with Gasteiger partial charge in [-0.15, -0.1) is 0 Å². The number of hydrogen-bond acceptors (Lipinski definition) is 4. The SMILES string of the molecule is O=C(C=Cc1ccc([N+](=O)[O-])cc1)OCCCC(F)(F)F. The third-order valence-electron chi connectivity index (χ3n) is 2.36. The fourth-order valence-corrected chi connectivity index (χ4v) is 1.36. The van der Waals surface area contributed by atoms with Crippen LogP contribution >= 0.6 is 0 Å². The van der Waals surface area contributed by atoms with E-state index < -0.39 is 23.5 Å². The summed E-state index contributed by atoms with van der Waals surface area (Å²) in [5, 5.41) is 10.4. The maximum Gasteiger partial charge on any atom is 0.389 e. The van der Waals surface area contributed by atoms with E-state index in [0.29, 0.717) is 5.56 Å². The van der Waals surface area contributed by atoms with Crippen molar-refractivity contribution in [2.75, 3.05) is 6.61 Å². The Bertz CT molecular complexity index is 523. The molecule has 1 rings (SSSR count). The molecule has 0 saturated heterocycles. The van der Waals surface area contributed by atoms with Gasteiger partial charge in [0.2, 0.25) is 0 Å². The van der Waals surface area contributed by atoms with Gasteiger partial charge in [-0.25, -0.2) is 4.79 Å². The maximum absolute atomic E-state index is 11.8. The Kier molecular flexibility index (Phi) is 5.89. The summed E-state index contributed by atoms with van der Waals surface area (Å²) in [7, 11) is 0. The number of ether oxygens (including phenoxy) is 1. The number of non-ortho nitro benzene ring substituents is 1. The molecule has 0 atom stereocenters. The van der Waals surface area contributed by atoms with Crippen LogP contribution in [0.2, 0.25) is 0 Å². The summed E-state index contributed by atoms with van der Waals surface area (Å²) in [4.78, 5) is 21.1. The summed E-state index contributed by atoms with van der Waals surface area (Å²) in [5.41, 5.74) is 0.453. The fraction of sp³-hybridized carbons (Fsp3) is 0.308. The lowest BCUT2D eigenvalue weighted by molar-refractivity contribution is -0.384. The molecule has 0 unspecified atom stereocenters. The third-order valence-corrected chi connectivity index (χ3v) is 2.36. The smallest absolute Gasteiger partial charge is 0.389 e. The normalized spacial score (nSPS) is 11.6. The van der Waals surface area contributed by atoms with Crippen LogP contribution in [0.5, 0.6) is 0 Å². The molecule has 0 aliphatic rings. The van der Waals surface area contributed by atoms with Crippen molar-refractivity contribution in [3.05, 3.63) is 46.0 Å². The zero-order chi connectivity index (χ0) is 15.9. The highest BCUT2D eigenvalue weighted by molar-refractivity contribution is 5.87. The molecule has 8 heteroatoms. The molecule has 0 bridgehead atoms. The van der Waals surface area contributed by atoms with Crippen molar-refractivity contribution < 1.29 is 27.6 Å². The number of rotatable bonds is 6. The number of benzene rings is 1. The number of carbonyl (C=O) groups excluding carboxylic acids is 1. The molecule has 21 heavy (non-hydrogen) atoms. The number of esters is 1. The van der Waals surface area contributed by atoms with Crippen LogP contribution in [0.4, 0.5) is 18.9 Å². The highest BCUT2D eigenvalue weighted by atomic mass is 19.4. The predicted octanol–water partition coefficient (Wildman–Crippen LogP) is 3.49. The van der Waals surface area contributed by atoms with E-state index >= 15 is 0 Å². The van der Waals surface area contributed by atoms with E-state index in [1.54, 1.807) is 0 Å². The minimum atomic E-state index is -4.26. The second-order valence-electron chi connectivity index (χ2n) is 4.07. The first kappa shape index (κ1) is 16.7. The quantitative estimate of drug-likeness (QED) is 0.265. The van der Waals surface area contributed by atoms with Gasteiger partial charge in [0.1, 0.15) is 0 Å². The molecule has 0 heterocycles. The molecule has 0 aliphatic heterocycles. The Labute approximate surface area is 118 Å². The van der Waals surface area contributed by atoms with Crippen LogP contribution < -0.4 is 0 Å². The van der Waals surface area contributed by atoms with Crippen LogP contribution in [0.1, 0.15) is 18.4 Å². The molecular formula is C13H12F3NO4. The van der Waals surface area contributed by atoms with Crippen molar-refractivity contribution in [2.45, 2.75) is 19.0 Å². The van der Waals surface area contributed by atoms with Crippen LogP contribution in [0.25, 0.3) is 6.08 Å². The van der Waals surface area contributed by atoms with Crippen LogP contribution in [0.3, 0.4) is 0 Å². The Balaban J connectivity index is 2.38. The molecule has 0 aromatic heterocycles. The van der Waals surface area contributed by atoms with Crippen molar-refractivity contribution >= 4 is 17.7 Å². The first-order chi connectivity index (χ1) is 9.78. The van der Waals surface area contributed by atoms with Crippen molar-refractivity contribution in [3.63, 3.8) is 0 Å². The Morgan fingerprint density at radius 2 is 1.90 bits per heavy atom. The zero-order valence-electron chi connectivity index (χ0n) is 10.8. The number of carbonyl (C=O) groups is 1. The van der Waals surface area contributed by atoms with Gasteiger partial charge in [-0.3, -0.25) is 10.1 Å². The first-order valence-electron chi connectivity index (χ1n) is 5.94. The van der Waals surface area contributed by atoms with Gasteiger partial charge in [0.25, 0.3) is 5.69 Å². The molecule has 0 saturated carbocycles. The van der Waals surface area contributed by atoms with Crippen molar-refractivity contribution in [3.8, 4) is 0 Å². The van der Waals surface area contributed by atoms with E-state index in [0.717, 1.165) is 6.08 Å². The van der Waals surface area contributed by atoms with Crippen molar-refractivity contribution in [2.24, 2.45) is 0 Å². The van der Waals surface area contributed by atoms with Crippen LogP contribution in [0, 0.1) is 10.1 Å². The summed E-state index contributed by atoms with van der Waals surface area (Å²) in [6.45, 7) is -0.317. The zero-order valence-corrected chi connectivity index (χ0v) is 10.8. The summed E-state index contributed by atoms with van der Waals surface area (Å²) in [6, 6.07) is 5.42. The van der Waals surface area contributed by atoms with Gasteiger partial charge in [-0.2, -0.15) is 13.2 Å². The van der Waals surface area contributed by atoms with Crippen LogP contribution in [-0.4, -0.2) is 23.7 Å². The summed E-state index contributed by atoms with van der Waals surface area (Å²) in [5.74, 6) is -0.768. The molecule has 1 aromatic carbocycles. The largest absolute Gasteiger partial charge is 0.463 e. The molecule has 1 aromatic rings.